The molecule has 3 rings (SSSR count). The van der Waals surface area contributed by atoms with Crippen LogP contribution in [0.4, 0.5) is 0 Å². The Hall–Kier alpha value is -2.03. The molecule has 0 amide bonds. The summed E-state index contributed by atoms with van der Waals surface area (Å²) in [4.78, 5) is 8.00. The fourth-order valence-electron chi connectivity index (χ4n) is 2.24. The van der Waals surface area contributed by atoms with E-state index in [0.29, 0.717) is 16.3 Å². The van der Waals surface area contributed by atoms with Gasteiger partial charge in [-0.3, -0.25) is 0 Å². The van der Waals surface area contributed by atoms with Crippen molar-refractivity contribution in [3.8, 4) is 11.3 Å². The summed E-state index contributed by atoms with van der Waals surface area (Å²) in [6, 6.07) is 14.2. The van der Waals surface area contributed by atoms with Gasteiger partial charge < -0.3 is 5.11 Å². The topological polar surface area (TPSA) is 92.2 Å². The van der Waals surface area contributed by atoms with Gasteiger partial charge in [-0.25, -0.2) is 18.4 Å². The minimum Gasteiger partial charge on any atom is -0.372 e. The molecule has 0 radical (unpaired) electrons. The highest BCUT2D eigenvalue weighted by atomic mass is 35.5. The fourth-order valence-corrected chi connectivity index (χ4v) is 3.77. The number of sulfonamides is 1. The summed E-state index contributed by atoms with van der Waals surface area (Å²) < 4.78 is 26.9. The van der Waals surface area contributed by atoms with Crippen molar-refractivity contribution in [1.29, 1.82) is 0 Å². The second kappa shape index (κ2) is 7.69. The maximum atomic E-state index is 12.4. The number of benzene rings is 2. The Morgan fingerprint density at radius 3 is 2.35 bits per heavy atom. The second-order valence-corrected chi connectivity index (χ2v) is 7.91. The lowest BCUT2D eigenvalue weighted by Crippen LogP contribution is -2.29. The first-order valence-corrected chi connectivity index (χ1v) is 9.63. The Bertz CT molecular complexity index is 1040. The van der Waals surface area contributed by atoms with Crippen LogP contribution in [0.2, 0.25) is 10.0 Å². The first kappa shape index (κ1) is 18.8. The first-order valence-electron chi connectivity index (χ1n) is 7.39. The van der Waals surface area contributed by atoms with Crippen LogP contribution in [-0.4, -0.2) is 23.5 Å². The maximum absolute atomic E-state index is 12.4. The molecule has 9 heteroatoms. The molecule has 0 aliphatic heterocycles. The summed E-state index contributed by atoms with van der Waals surface area (Å²) in [5.41, 5.74) is 1.31. The van der Waals surface area contributed by atoms with Crippen molar-refractivity contribution < 1.29 is 13.5 Å². The quantitative estimate of drug-likeness (QED) is 0.629. The van der Waals surface area contributed by atoms with Crippen molar-refractivity contribution in [1.82, 2.24) is 14.7 Å². The van der Waals surface area contributed by atoms with E-state index in [4.69, 9.17) is 23.2 Å². The third-order valence-corrected chi connectivity index (χ3v) is 5.34. The number of rotatable bonds is 5. The van der Waals surface area contributed by atoms with E-state index in [2.05, 4.69) is 14.7 Å². The lowest BCUT2D eigenvalue weighted by molar-refractivity contribution is 0.161. The zero-order valence-electron chi connectivity index (χ0n) is 13.2. The summed E-state index contributed by atoms with van der Waals surface area (Å²) in [5, 5.41) is 11.1. The molecule has 0 aliphatic carbocycles. The lowest BCUT2D eigenvalue weighted by Gasteiger charge is -2.13. The molecule has 0 saturated carbocycles. The van der Waals surface area contributed by atoms with Gasteiger partial charge in [-0.15, -0.1) is 0 Å². The molecule has 0 spiro atoms. The molecule has 0 aliphatic rings. The number of hydrogen-bond acceptors (Lipinski definition) is 5. The van der Waals surface area contributed by atoms with Crippen molar-refractivity contribution >= 4 is 33.2 Å². The molecular formula is C17H13Cl2N3O3S. The highest BCUT2D eigenvalue weighted by Crippen LogP contribution is 2.23. The van der Waals surface area contributed by atoms with E-state index >= 15 is 0 Å². The van der Waals surface area contributed by atoms with Crippen LogP contribution in [0, 0.1) is 0 Å². The molecule has 0 saturated heterocycles. The highest BCUT2D eigenvalue weighted by Gasteiger charge is 2.21. The van der Waals surface area contributed by atoms with Crippen molar-refractivity contribution in [3.63, 3.8) is 0 Å². The normalized spacial score (nSPS) is 12.7. The number of nitrogens with one attached hydrogen (secondary N) is 1. The van der Waals surface area contributed by atoms with Crippen LogP contribution in [0.15, 0.2) is 65.8 Å². The average molecular weight is 410 g/mol. The first-order chi connectivity index (χ1) is 12.3. The SMILES string of the molecule is O=S(=O)(NC(O)c1cc(-c2cccc(Cl)c2)ncn1)c1cccc(Cl)c1. The van der Waals surface area contributed by atoms with Gasteiger partial charge in [-0.2, -0.15) is 4.72 Å². The van der Waals surface area contributed by atoms with Gasteiger partial charge in [0.25, 0.3) is 0 Å². The largest absolute Gasteiger partial charge is 0.372 e. The van der Waals surface area contributed by atoms with Crippen LogP contribution in [0.3, 0.4) is 0 Å². The summed E-state index contributed by atoms with van der Waals surface area (Å²) in [6.07, 6.45) is -0.317. The van der Waals surface area contributed by atoms with Crippen molar-refractivity contribution in [2.45, 2.75) is 11.1 Å². The van der Waals surface area contributed by atoms with Crippen LogP contribution in [0.1, 0.15) is 11.9 Å². The second-order valence-electron chi connectivity index (χ2n) is 5.32. The molecule has 6 nitrogen and oxygen atoms in total. The van der Waals surface area contributed by atoms with Gasteiger partial charge in [0.2, 0.25) is 10.0 Å². The predicted octanol–water partition coefficient (Wildman–Crippen LogP) is 3.42. The number of aliphatic hydroxyl groups excluding tert-OH is 1. The molecule has 0 bridgehead atoms. The van der Waals surface area contributed by atoms with E-state index in [1.165, 1.54) is 30.6 Å². The Morgan fingerprint density at radius 1 is 0.962 bits per heavy atom. The van der Waals surface area contributed by atoms with Gasteiger partial charge in [0, 0.05) is 15.6 Å². The van der Waals surface area contributed by atoms with Crippen LogP contribution < -0.4 is 4.72 Å². The van der Waals surface area contributed by atoms with Gasteiger partial charge in [-0.05, 0) is 36.4 Å². The Morgan fingerprint density at radius 2 is 1.65 bits per heavy atom. The summed E-state index contributed by atoms with van der Waals surface area (Å²) in [6.45, 7) is 0. The third kappa shape index (κ3) is 4.38. The number of halogens is 2. The van der Waals surface area contributed by atoms with Crippen molar-refractivity contribution in [2.24, 2.45) is 0 Å². The zero-order valence-corrected chi connectivity index (χ0v) is 15.5. The number of aliphatic hydroxyl groups is 1. The van der Waals surface area contributed by atoms with Crippen LogP contribution in [-0.2, 0) is 10.0 Å². The van der Waals surface area contributed by atoms with Crippen LogP contribution in [0.5, 0.6) is 0 Å². The molecule has 2 N–H and O–H groups in total. The van der Waals surface area contributed by atoms with Gasteiger partial charge in [0.15, 0.2) is 6.23 Å². The van der Waals surface area contributed by atoms with Crippen LogP contribution in [0.25, 0.3) is 11.3 Å². The molecule has 134 valence electrons. The molecule has 1 atom stereocenters. The van der Waals surface area contributed by atoms with Gasteiger partial charge in [0.1, 0.15) is 6.33 Å². The summed E-state index contributed by atoms with van der Waals surface area (Å²) in [5.74, 6) is 0. The van der Waals surface area contributed by atoms with Crippen molar-refractivity contribution in [3.05, 3.63) is 76.7 Å². The predicted molar refractivity (Wildman–Crippen MR) is 99.2 cm³/mol. The van der Waals surface area contributed by atoms with Crippen LogP contribution >= 0.6 is 23.2 Å². The van der Waals surface area contributed by atoms with E-state index in [9.17, 15) is 13.5 Å². The van der Waals surface area contributed by atoms with E-state index in [-0.39, 0.29) is 15.6 Å². The van der Waals surface area contributed by atoms with Gasteiger partial charge >= 0.3 is 0 Å². The minimum atomic E-state index is -3.98. The number of aromatic nitrogens is 2. The smallest absolute Gasteiger partial charge is 0.243 e. The molecule has 3 aromatic rings. The monoisotopic (exact) mass is 409 g/mol. The standard InChI is InChI=1S/C17H13Cl2N3O3S/c18-12-4-1-3-11(7-12)15-9-16(21-10-20-15)17(23)22-26(24,25)14-6-2-5-13(19)8-14/h1-10,17,22-23H. The molecular weight excluding hydrogens is 397 g/mol. The number of hydrogen-bond donors (Lipinski definition) is 2. The minimum absolute atomic E-state index is 0.0619. The highest BCUT2D eigenvalue weighted by molar-refractivity contribution is 7.89. The number of nitrogens with zero attached hydrogens (tertiary/aromatic N) is 2. The average Bonchev–Trinajstić information content (AvgIpc) is 2.61. The fraction of sp³-hybridized carbons (Fsp3) is 0.0588. The third-order valence-electron chi connectivity index (χ3n) is 3.46. The zero-order chi connectivity index (χ0) is 18.7. The Kier molecular flexibility index (Phi) is 5.55. The van der Waals surface area contributed by atoms with Crippen molar-refractivity contribution in [2.75, 3.05) is 0 Å². The van der Waals surface area contributed by atoms with E-state index in [0.717, 1.165) is 0 Å². The summed E-state index contributed by atoms with van der Waals surface area (Å²) in [7, 11) is -3.98. The van der Waals surface area contributed by atoms with E-state index < -0.39 is 16.3 Å². The molecule has 1 unspecified atom stereocenters. The molecule has 1 heterocycles. The maximum Gasteiger partial charge on any atom is 0.243 e. The lowest BCUT2D eigenvalue weighted by atomic mass is 10.1. The molecule has 1 aromatic heterocycles. The molecule has 2 aromatic carbocycles. The Labute approximate surface area is 160 Å². The molecule has 26 heavy (non-hydrogen) atoms. The van der Waals surface area contributed by atoms with Gasteiger partial charge in [0.05, 0.1) is 16.3 Å². The molecule has 0 fully saturated rings. The Balaban J connectivity index is 1.86. The summed E-state index contributed by atoms with van der Waals surface area (Å²) >= 11 is 11.8. The van der Waals surface area contributed by atoms with Gasteiger partial charge in [-0.1, -0.05) is 41.4 Å². The van der Waals surface area contributed by atoms with E-state index in [1.54, 1.807) is 30.3 Å². The van der Waals surface area contributed by atoms with E-state index in [1.807, 2.05) is 0 Å².